The van der Waals surface area contributed by atoms with Gasteiger partial charge in [0, 0.05) is 5.56 Å². The van der Waals surface area contributed by atoms with Gasteiger partial charge < -0.3 is 5.73 Å². The van der Waals surface area contributed by atoms with Gasteiger partial charge in [0.05, 0.1) is 0 Å². The van der Waals surface area contributed by atoms with Gasteiger partial charge in [0.2, 0.25) is 5.91 Å². The van der Waals surface area contributed by atoms with Crippen LogP contribution in [0.5, 0.6) is 0 Å². The number of benzene rings is 2. The lowest BCUT2D eigenvalue weighted by atomic mass is 9.98. The van der Waals surface area contributed by atoms with Gasteiger partial charge in [0.25, 0.3) is 0 Å². The number of primary amides is 1. The van der Waals surface area contributed by atoms with Gasteiger partial charge >= 0.3 is 0 Å². The first-order valence-corrected chi connectivity index (χ1v) is 5.24. The Hall–Kier alpha value is -2.16. The second-order valence-corrected chi connectivity index (χ2v) is 3.92. The summed E-state index contributed by atoms with van der Waals surface area (Å²) in [6.45, 7) is 1.96. The first-order chi connectivity index (χ1) is 8.08. The maximum Gasteiger partial charge on any atom is 0.249 e. The van der Waals surface area contributed by atoms with Crippen molar-refractivity contribution in [1.29, 1.82) is 0 Å². The van der Waals surface area contributed by atoms with Crippen molar-refractivity contribution < 1.29 is 9.18 Å². The molecule has 0 saturated carbocycles. The summed E-state index contributed by atoms with van der Waals surface area (Å²) >= 11 is 0. The number of rotatable bonds is 2. The van der Waals surface area contributed by atoms with Crippen molar-refractivity contribution in [1.82, 2.24) is 0 Å². The van der Waals surface area contributed by atoms with Crippen LogP contribution >= 0.6 is 0 Å². The molecular formula is C14H12FNO. The summed E-state index contributed by atoms with van der Waals surface area (Å²) in [7, 11) is 0. The van der Waals surface area contributed by atoms with Crippen LogP contribution in [0.25, 0.3) is 11.1 Å². The lowest BCUT2D eigenvalue weighted by Gasteiger charge is -2.07. The van der Waals surface area contributed by atoms with Gasteiger partial charge in [0.1, 0.15) is 5.82 Å². The molecule has 0 radical (unpaired) electrons. The zero-order valence-corrected chi connectivity index (χ0v) is 9.41. The largest absolute Gasteiger partial charge is 0.366 e. The van der Waals surface area contributed by atoms with Crippen LogP contribution in [-0.4, -0.2) is 5.91 Å². The first-order valence-electron chi connectivity index (χ1n) is 5.24. The Kier molecular flexibility index (Phi) is 2.91. The number of halogens is 1. The van der Waals surface area contributed by atoms with E-state index in [-0.39, 0.29) is 5.82 Å². The van der Waals surface area contributed by atoms with Crippen molar-refractivity contribution in [2.75, 3.05) is 0 Å². The Labute approximate surface area is 98.9 Å². The number of carbonyl (C=O) groups excluding carboxylic acids is 1. The van der Waals surface area contributed by atoms with E-state index in [0.29, 0.717) is 11.1 Å². The highest BCUT2D eigenvalue weighted by molar-refractivity contribution is 5.99. The molecule has 0 spiro atoms. The van der Waals surface area contributed by atoms with Crippen molar-refractivity contribution in [2.24, 2.45) is 5.73 Å². The molecule has 3 heteroatoms. The molecule has 2 nitrogen and oxygen atoms in total. The zero-order valence-electron chi connectivity index (χ0n) is 9.41. The molecule has 86 valence electrons. The van der Waals surface area contributed by atoms with Crippen LogP contribution in [0.2, 0.25) is 0 Å². The molecule has 0 atom stereocenters. The lowest BCUT2D eigenvalue weighted by molar-refractivity contribution is 0.100. The van der Waals surface area contributed by atoms with Crippen LogP contribution in [0.1, 0.15) is 15.9 Å². The molecule has 0 aromatic heterocycles. The Morgan fingerprint density at radius 2 is 1.76 bits per heavy atom. The van der Waals surface area contributed by atoms with Gasteiger partial charge in [0.15, 0.2) is 0 Å². The molecule has 2 aromatic carbocycles. The quantitative estimate of drug-likeness (QED) is 0.845. The SMILES string of the molecule is Cc1ccc(-c2cc(F)ccc2C(N)=O)cc1. The smallest absolute Gasteiger partial charge is 0.249 e. The molecule has 0 bridgehead atoms. The van der Waals surface area contributed by atoms with Crippen LogP contribution in [0.15, 0.2) is 42.5 Å². The highest BCUT2D eigenvalue weighted by Crippen LogP contribution is 2.24. The van der Waals surface area contributed by atoms with E-state index in [9.17, 15) is 9.18 Å². The molecule has 17 heavy (non-hydrogen) atoms. The number of aryl methyl sites for hydroxylation is 1. The van der Waals surface area contributed by atoms with Crippen LogP contribution < -0.4 is 5.73 Å². The third-order valence-electron chi connectivity index (χ3n) is 2.61. The van der Waals surface area contributed by atoms with Gasteiger partial charge in [-0.25, -0.2) is 4.39 Å². The summed E-state index contributed by atoms with van der Waals surface area (Å²) in [4.78, 5) is 11.3. The Bertz CT molecular complexity index is 561. The molecule has 2 rings (SSSR count). The van der Waals surface area contributed by atoms with Crippen molar-refractivity contribution in [3.63, 3.8) is 0 Å². The fraction of sp³-hybridized carbons (Fsp3) is 0.0714. The molecule has 0 heterocycles. The van der Waals surface area contributed by atoms with E-state index in [0.717, 1.165) is 11.1 Å². The Morgan fingerprint density at radius 1 is 1.12 bits per heavy atom. The second-order valence-electron chi connectivity index (χ2n) is 3.92. The number of hydrogen-bond acceptors (Lipinski definition) is 1. The van der Waals surface area contributed by atoms with Crippen molar-refractivity contribution in [3.8, 4) is 11.1 Å². The van der Waals surface area contributed by atoms with Gasteiger partial charge in [-0.3, -0.25) is 4.79 Å². The minimum Gasteiger partial charge on any atom is -0.366 e. The fourth-order valence-electron chi connectivity index (χ4n) is 1.70. The highest BCUT2D eigenvalue weighted by atomic mass is 19.1. The molecule has 0 aliphatic heterocycles. The number of carbonyl (C=O) groups is 1. The monoisotopic (exact) mass is 229 g/mol. The number of amides is 1. The van der Waals surface area contributed by atoms with Gasteiger partial charge in [-0.1, -0.05) is 29.8 Å². The standard InChI is InChI=1S/C14H12FNO/c1-9-2-4-10(5-3-9)13-8-11(15)6-7-12(13)14(16)17/h2-8H,1H3,(H2,16,17). The summed E-state index contributed by atoms with van der Waals surface area (Å²) in [6, 6.07) is 11.5. The summed E-state index contributed by atoms with van der Waals surface area (Å²) in [6.07, 6.45) is 0. The van der Waals surface area contributed by atoms with E-state index in [2.05, 4.69) is 0 Å². The van der Waals surface area contributed by atoms with E-state index in [1.165, 1.54) is 18.2 Å². The van der Waals surface area contributed by atoms with E-state index in [4.69, 9.17) is 5.73 Å². The van der Waals surface area contributed by atoms with Gasteiger partial charge in [-0.15, -0.1) is 0 Å². The van der Waals surface area contributed by atoms with Crippen molar-refractivity contribution in [2.45, 2.75) is 6.92 Å². The highest BCUT2D eigenvalue weighted by Gasteiger charge is 2.10. The number of hydrogen-bond donors (Lipinski definition) is 1. The van der Waals surface area contributed by atoms with E-state index >= 15 is 0 Å². The summed E-state index contributed by atoms with van der Waals surface area (Å²) < 4.78 is 13.2. The zero-order chi connectivity index (χ0) is 12.4. The predicted molar refractivity (Wildman–Crippen MR) is 65.1 cm³/mol. The van der Waals surface area contributed by atoms with Crippen LogP contribution in [0, 0.1) is 12.7 Å². The molecule has 2 N–H and O–H groups in total. The summed E-state index contributed by atoms with van der Waals surface area (Å²) in [5.41, 5.74) is 8.01. The lowest BCUT2D eigenvalue weighted by Crippen LogP contribution is -2.12. The first kappa shape index (κ1) is 11.3. The molecule has 2 aromatic rings. The van der Waals surface area contributed by atoms with Gasteiger partial charge in [-0.05, 0) is 36.2 Å². The van der Waals surface area contributed by atoms with Gasteiger partial charge in [-0.2, -0.15) is 0 Å². The molecule has 1 amide bonds. The van der Waals surface area contributed by atoms with E-state index in [1.807, 2.05) is 31.2 Å². The third kappa shape index (κ3) is 2.33. The topological polar surface area (TPSA) is 43.1 Å². The molecule has 0 aliphatic carbocycles. The molecular weight excluding hydrogens is 217 g/mol. The van der Waals surface area contributed by atoms with Crippen LogP contribution in [-0.2, 0) is 0 Å². The third-order valence-corrected chi connectivity index (χ3v) is 2.61. The summed E-state index contributed by atoms with van der Waals surface area (Å²) in [5.74, 6) is -0.939. The second kappa shape index (κ2) is 4.37. The molecule has 0 saturated heterocycles. The van der Waals surface area contributed by atoms with E-state index < -0.39 is 5.91 Å². The van der Waals surface area contributed by atoms with E-state index in [1.54, 1.807) is 0 Å². The predicted octanol–water partition coefficient (Wildman–Crippen LogP) is 2.90. The maximum absolute atomic E-state index is 13.2. The van der Waals surface area contributed by atoms with Crippen molar-refractivity contribution >= 4 is 5.91 Å². The fourth-order valence-corrected chi connectivity index (χ4v) is 1.70. The minimum atomic E-state index is -0.555. The number of nitrogens with two attached hydrogens (primary N) is 1. The average molecular weight is 229 g/mol. The molecule has 0 aliphatic rings. The van der Waals surface area contributed by atoms with Crippen LogP contribution in [0.3, 0.4) is 0 Å². The Balaban J connectivity index is 2.60. The minimum absolute atomic E-state index is 0.329. The molecule has 0 fully saturated rings. The normalized spacial score (nSPS) is 10.2. The Morgan fingerprint density at radius 3 is 2.35 bits per heavy atom. The molecule has 0 unspecified atom stereocenters. The van der Waals surface area contributed by atoms with Crippen LogP contribution in [0.4, 0.5) is 4.39 Å². The maximum atomic E-state index is 13.2. The van der Waals surface area contributed by atoms with Crippen molar-refractivity contribution in [3.05, 3.63) is 59.4 Å². The average Bonchev–Trinajstić information content (AvgIpc) is 2.29. The summed E-state index contributed by atoms with van der Waals surface area (Å²) in [5, 5.41) is 0.